The van der Waals surface area contributed by atoms with Gasteiger partial charge in [-0.2, -0.15) is 4.37 Å². The van der Waals surface area contributed by atoms with Gasteiger partial charge in [-0.15, -0.1) is 0 Å². The van der Waals surface area contributed by atoms with Gasteiger partial charge in [-0.1, -0.05) is 48.0 Å². The van der Waals surface area contributed by atoms with Crippen LogP contribution in [0.5, 0.6) is 0 Å². The first-order chi connectivity index (χ1) is 6.77. The fourth-order valence-electron chi connectivity index (χ4n) is 1.54. The topological polar surface area (TPSA) is 25.8 Å². The number of aromatic nitrogens is 2. The summed E-state index contributed by atoms with van der Waals surface area (Å²) in [6.07, 6.45) is 2.32. The minimum Gasteiger partial charge on any atom is -0.223 e. The molecule has 1 aromatic rings. The van der Waals surface area contributed by atoms with Crippen LogP contribution in [0.1, 0.15) is 65.2 Å². The van der Waals surface area contributed by atoms with E-state index >= 15 is 0 Å². The molecule has 1 heterocycles. The zero-order valence-electron chi connectivity index (χ0n) is 10.7. The van der Waals surface area contributed by atoms with Crippen molar-refractivity contribution < 1.29 is 0 Å². The molecule has 0 saturated heterocycles. The van der Waals surface area contributed by atoms with E-state index in [1.165, 1.54) is 6.42 Å². The van der Waals surface area contributed by atoms with Crippen molar-refractivity contribution >= 4 is 11.5 Å². The largest absolute Gasteiger partial charge is 0.223 e. The van der Waals surface area contributed by atoms with Gasteiger partial charge >= 0.3 is 0 Å². The van der Waals surface area contributed by atoms with Crippen molar-refractivity contribution in [1.29, 1.82) is 0 Å². The lowest BCUT2D eigenvalue weighted by atomic mass is 9.87. The zero-order valence-corrected chi connectivity index (χ0v) is 11.5. The highest BCUT2D eigenvalue weighted by molar-refractivity contribution is 7.05. The van der Waals surface area contributed by atoms with Gasteiger partial charge in [0.25, 0.3) is 0 Å². The van der Waals surface area contributed by atoms with Gasteiger partial charge in [0, 0.05) is 10.8 Å². The molecule has 0 fully saturated rings. The molecular formula is C12H22N2S. The first-order valence-electron chi connectivity index (χ1n) is 5.62. The molecule has 0 aromatic carbocycles. The number of nitrogens with zero attached hydrogens (tertiary/aromatic N) is 2. The SMILES string of the molecule is CCCC(C)(C)c1nsc(C(C)(C)C)n1. The van der Waals surface area contributed by atoms with Crippen molar-refractivity contribution in [2.24, 2.45) is 0 Å². The minimum absolute atomic E-state index is 0.120. The Balaban J connectivity index is 2.94. The molecule has 1 aromatic heterocycles. The third kappa shape index (κ3) is 3.00. The molecule has 0 bridgehead atoms. The van der Waals surface area contributed by atoms with E-state index < -0.39 is 0 Å². The van der Waals surface area contributed by atoms with Crippen molar-refractivity contribution in [3.63, 3.8) is 0 Å². The molecule has 0 unspecified atom stereocenters. The second kappa shape index (κ2) is 4.20. The van der Waals surface area contributed by atoms with Crippen LogP contribution >= 0.6 is 11.5 Å². The van der Waals surface area contributed by atoms with Crippen LogP contribution in [0.25, 0.3) is 0 Å². The summed E-state index contributed by atoms with van der Waals surface area (Å²) < 4.78 is 4.50. The molecule has 0 saturated carbocycles. The van der Waals surface area contributed by atoms with Crippen LogP contribution in [-0.4, -0.2) is 9.36 Å². The predicted molar refractivity (Wildman–Crippen MR) is 66.5 cm³/mol. The molecule has 3 heteroatoms. The second-order valence-electron chi connectivity index (χ2n) is 5.81. The van der Waals surface area contributed by atoms with Gasteiger partial charge in [0.15, 0.2) is 0 Å². The highest BCUT2D eigenvalue weighted by Crippen LogP contribution is 2.30. The lowest BCUT2D eigenvalue weighted by Gasteiger charge is -2.20. The number of hydrogen-bond acceptors (Lipinski definition) is 3. The zero-order chi connectivity index (χ0) is 11.7. The average Bonchev–Trinajstić information content (AvgIpc) is 2.50. The van der Waals surface area contributed by atoms with Crippen LogP contribution in [0.15, 0.2) is 0 Å². The Bertz CT molecular complexity index is 321. The van der Waals surface area contributed by atoms with E-state index in [2.05, 4.69) is 50.9 Å². The van der Waals surface area contributed by atoms with Crippen molar-refractivity contribution in [1.82, 2.24) is 9.36 Å². The van der Waals surface area contributed by atoms with Crippen molar-refractivity contribution in [3.8, 4) is 0 Å². The standard InChI is InChI=1S/C12H22N2S/c1-7-8-12(5,6)9-13-10(15-14-9)11(2,3)4/h7-8H2,1-6H3. The van der Waals surface area contributed by atoms with E-state index in [0.717, 1.165) is 17.3 Å². The molecule has 0 aliphatic heterocycles. The van der Waals surface area contributed by atoms with Crippen molar-refractivity contribution in [2.75, 3.05) is 0 Å². The molecule has 0 atom stereocenters. The lowest BCUT2D eigenvalue weighted by molar-refractivity contribution is 0.445. The molecule has 86 valence electrons. The van der Waals surface area contributed by atoms with Gasteiger partial charge < -0.3 is 0 Å². The van der Waals surface area contributed by atoms with Crippen LogP contribution in [0, 0.1) is 0 Å². The molecule has 0 radical (unpaired) electrons. The van der Waals surface area contributed by atoms with Gasteiger partial charge in [-0.05, 0) is 18.0 Å². The van der Waals surface area contributed by atoms with E-state index in [4.69, 9.17) is 0 Å². The lowest BCUT2D eigenvalue weighted by Crippen LogP contribution is -2.19. The summed E-state index contributed by atoms with van der Waals surface area (Å²) in [5.74, 6) is 1.01. The Kier molecular flexibility index (Phi) is 3.54. The first kappa shape index (κ1) is 12.6. The maximum absolute atomic E-state index is 4.68. The molecule has 0 amide bonds. The van der Waals surface area contributed by atoms with Crippen LogP contribution in [0.4, 0.5) is 0 Å². The van der Waals surface area contributed by atoms with E-state index in [1.54, 1.807) is 11.5 Å². The summed E-state index contributed by atoms with van der Waals surface area (Å²) in [7, 11) is 0. The maximum Gasteiger partial charge on any atom is 0.148 e. The van der Waals surface area contributed by atoms with E-state index in [0.29, 0.717) is 0 Å². The van der Waals surface area contributed by atoms with Crippen LogP contribution in [-0.2, 0) is 10.8 Å². The van der Waals surface area contributed by atoms with Gasteiger partial charge in [0.05, 0.1) is 0 Å². The third-order valence-corrected chi connectivity index (χ3v) is 3.69. The monoisotopic (exact) mass is 226 g/mol. The Morgan fingerprint density at radius 2 is 1.73 bits per heavy atom. The van der Waals surface area contributed by atoms with E-state index in [1.807, 2.05) is 0 Å². The first-order valence-corrected chi connectivity index (χ1v) is 6.39. The summed E-state index contributed by atoms with van der Waals surface area (Å²) in [6.45, 7) is 13.2. The highest BCUT2D eigenvalue weighted by atomic mass is 32.1. The molecule has 0 spiro atoms. The van der Waals surface area contributed by atoms with Gasteiger partial charge in [-0.3, -0.25) is 0 Å². The van der Waals surface area contributed by atoms with Crippen LogP contribution in [0.2, 0.25) is 0 Å². The van der Waals surface area contributed by atoms with Crippen molar-refractivity contribution in [2.45, 2.75) is 65.2 Å². The van der Waals surface area contributed by atoms with E-state index in [-0.39, 0.29) is 10.8 Å². The fourth-order valence-corrected chi connectivity index (χ4v) is 2.40. The summed E-state index contributed by atoms with van der Waals surface area (Å²) in [5, 5.41) is 1.14. The molecule has 2 nitrogen and oxygen atoms in total. The average molecular weight is 226 g/mol. The van der Waals surface area contributed by atoms with E-state index in [9.17, 15) is 0 Å². The molecule has 1 rings (SSSR count). The van der Waals surface area contributed by atoms with Gasteiger partial charge in [0.2, 0.25) is 0 Å². The summed E-state index contributed by atoms with van der Waals surface area (Å²) in [6, 6.07) is 0. The van der Waals surface area contributed by atoms with Gasteiger partial charge in [-0.25, -0.2) is 4.98 Å². The van der Waals surface area contributed by atoms with Crippen LogP contribution in [0.3, 0.4) is 0 Å². The molecular weight excluding hydrogens is 204 g/mol. The Morgan fingerprint density at radius 1 is 1.13 bits per heavy atom. The van der Waals surface area contributed by atoms with Crippen LogP contribution < -0.4 is 0 Å². The predicted octanol–water partition coefficient (Wildman–Crippen LogP) is 3.91. The Labute approximate surface area is 97.3 Å². The highest BCUT2D eigenvalue weighted by Gasteiger charge is 2.27. The fraction of sp³-hybridized carbons (Fsp3) is 0.833. The summed E-state index contributed by atoms with van der Waals surface area (Å²) in [4.78, 5) is 4.68. The molecule has 15 heavy (non-hydrogen) atoms. The molecule has 0 N–H and O–H groups in total. The second-order valence-corrected chi connectivity index (χ2v) is 6.56. The Hall–Kier alpha value is -0.440. The molecule has 0 aliphatic rings. The quantitative estimate of drug-likeness (QED) is 0.781. The maximum atomic E-state index is 4.68. The number of hydrogen-bond donors (Lipinski definition) is 0. The molecule has 0 aliphatic carbocycles. The third-order valence-electron chi connectivity index (χ3n) is 2.55. The van der Waals surface area contributed by atoms with Gasteiger partial charge in [0.1, 0.15) is 10.8 Å². The smallest absolute Gasteiger partial charge is 0.148 e. The number of rotatable bonds is 3. The Morgan fingerprint density at radius 3 is 2.13 bits per heavy atom. The summed E-state index contributed by atoms with van der Waals surface area (Å²) in [5.41, 5.74) is 0.243. The van der Waals surface area contributed by atoms with Crippen molar-refractivity contribution in [3.05, 3.63) is 10.8 Å². The normalized spacial score (nSPS) is 13.2. The summed E-state index contributed by atoms with van der Waals surface area (Å²) >= 11 is 1.55. The minimum atomic E-state index is 0.120.